The molecule has 1 aliphatic rings. The summed E-state index contributed by atoms with van der Waals surface area (Å²) in [6.07, 6.45) is -0.852. The van der Waals surface area contributed by atoms with Crippen molar-refractivity contribution in [2.24, 2.45) is 0 Å². The van der Waals surface area contributed by atoms with Crippen LogP contribution in [0.2, 0.25) is 0 Å². The molecular formula is C14H20FNO3S2. The van der Waals surface area contributed by atoms with Crippen LogP contribution in [-0.4, -0.2) is 42.7 Å². The Balaban J connectivity index is 2.53. The van der Waals surface area contributed by atoms with E-state index >= 15 is 0 Å². The number of sulfone groups is 1. The molecule has 0 radical (unpaired) electrons. The number of benzene rings is 1. The Morgan fingerprint density at radius 3 is 2.86 bits per heavy atom. The monoisotopic (exact) mass is 333 g/mol. The predicted octanol–water partition coefficient (Wildman–Crippen LogP) is 2.19. The maximum Gasteiger partial charge on any atom is 0.171 e. The predicted molar refractivity (Wildman–Crippen MR) is 85.0 cm³/mol. The molecule has 1 saturated heterocycles. The molecule has 1 heterocycles. The summed E-state index contributed by atoms with van der Waals surface area (Å²) < 4.78 is 38.9. The first kappa shape index (κ1) is 16.6. The average molecular weight is 333 g/mol. The maximum atomic E-state index is 14.3. The zero-order chi connectivity index (χ0) is 15.6. The van der Waals surface area contributed by atoms with Gasteiger partial charge in [-0.05, 0) is 13.0 Å². The second-order valence-electron chi connectivity index (χ2n) is 5.03. The first-order valence-electron chi connectivity index (χ1n) is 6.91. The highest BCUT2D eigenvalue weighted by atomic mass is 32.2. The summed E-state index contributed by atoms with van der Waals surface area (Å²) >= 11 is 1.56. The van der Waals surface area contributed by atoms with Gasteiger partial charge in [-0.1, -0.05) is 19.1 Å². The van der Waals surface area contributed by atoms with E-state index in [1.54, 1.807) is 36.6 Å². The molecular weight excluding hydrogens is 313 g/mol. The van der Waals surface area contributed by atoms with Crippen LogP contribution in [0, 0.1) is 5.82 Å². The van der Waals surface area contributed by atoms with E-state index in [9.17, 15) is 17.9 Å². The summed E-state index contributed by atoms with van der Waals surface area (Å²) in [6, 6.07) is 4.47. The molecule has 0 saturated carbocycles. The van der Waals surface area contributed by atoms with Gasteiger partial charge in [0.25, 0.3) is 0 Å². The summed E-state index contributed by atoms with van der Waals surface area (Å²) in [5.74, 6) is 0.692. The van der Waals surface area contributed by atoms with Crippen LogP contribution >= 0.6 is 11.8 Å². The molecule has 2 rings (SSSR count). The summed E-state index contributed by atoms with van der Waals surface area (Å²) in [5.41, 5.74) is 0.646. The fraction of sp³-hybridized carbons (Fsp3) is 0.571. The van der Waals surface area contributed by atoms with Crippen molar-refractivity contribution in [3.05, 3.63) is 29.6 Å². The van der Waals surface area contributed by atoms with Crippen molar-refractivity contribution in [1.82, 2.24) is 0 Å². The van der Waals surface area contributed by atoms with Crippen LogP contribution in [0.3, 0.4) is 0 Å². The average Bonchev–Trinajstić information content (AvgIpc) is 2.47. The molecule has 1 N–H and O–H groups in total. The van der Waals surface area contributed by atoms with Gasteiger partial charge < -0.3 is 10.0 Å². The Kier molecular flexibility index (Phi) is 5.16. The number of nitrogens with zero attached hydrogens (tertiary/aromatic N) is 1. The molecule has 1 aromatic rings. The lowest BCUT2D eigenvalue weighted by atomic mass is 10.1. The molecule has 7 heteroatoms. The van der Waals surface area contributed by atoms with Crippen molar-refractivity contribution in [3.63, 3.8) is 0 Å². The summed E-state index contributed by atoms with van der Waals surface area (Å²) in [7, 11) is -3.32. The molecule has 0 bridgehead atoms. The van der Waals surface area contributed by atoms with Crippen LogP contribution in [0.5, 0.6) is 0 Å². The van der Waals surface area contributed by atoms with Crippen molar-refractivity contribution < 1.29 is 17.9 Å². The number of thioether (sulfide) groups is 1. The van der Waals surface area contributed by atoms with Crippen LogP contribution in [0.4, 0.5) is 10.1 Å². The molecule has 21 heavy (non-hydrogen) atoms. The minimum atomic E-state index is -3.32. The second kappa shape index (κ2) is 6.54. The summed E-state index contributed by atoms with van der Waals surface area (Å²) in [4.78, 5) is 1.60. The van der Waals surface area contributed by atoms with Crippen LogP contribution in [0.15, 0.2) is 18.2 Å². The van der Waals surface area contributed by atoms with E-state index in [-0.39, 0.29) is 11.4 Å². The van der Waals surface area contributed by atoms with E-state index in [0.29, 0.717) is 17.9 Å². The highest BCUT2D eigenvalue weighted by Crippen LogP contribution is 2.34. The van der Waals surface area contributed by atoms with Crippen molar-refractivity contribution in [2.45, 2.75) is 25.3 Å². The number of hydrogen-bond donors (Lipinski definition) is 1. The van der Waals surface area contributed by atoms with Gasteiger partial charge in [-0.15, -0.1) is 0 Å². The Labute approximate surface area is 129 Å². The van der Waals surface area contributed by atoms with E-state index in [1.807, 2.05) is 0 Å². The number of rotatable bonds is 4. The molecule has 118 valence electrons. The SMILES string of the molecule is CCS(=O)(=O)C1CSCCN1c1c(F)cccc1C(C)O. The third kappa shape index (κ3) is 3.35. The topological polar surface area (TPSA) is 57.6 Å². The Morgan fingerprint density at radius 1 is 1.52 bits per heavy atom. The zero-order valence-electron chi connectivity index (χ0n) is 12.1. The Hall–Kier alpha value is -0.790. The van der Waals surface area contributed by atoms with Gasteiger partial charge in [-0.2, -0.15) is 11.8 Å². The van der Waals surface area contributed by atoms with E-state index in [1.165, 1.54) is 12.1 Å². The lowest BCUT2D eigenvalue weighted by molar-refractivity contribution is 0.199. The first-order valence-corrected chi connectivity index (χ1v) is 9.78. The first-order chi connectivity index (χ1) is 9.88. The minimum absolute atomic E-state index is 0.0210. The van der Waals surface area contributed by atoms with Crippen molar-refractivity contribution in [3.8, 4) is 0 Å². The lowest BCUT2D eigenvalue weighted by Crippen LogP contribution is -2.48. The summed E-state index contributed by atoms with van der Waals surface area (Å²) in [6.45, 7) is 3.61. The zero-order valence-corrected chi connectivity index (χ0v) is 13.8. The molecule has 0 aliphatic carbocycles. The Morgan fingerprint density at radius 2 is 2.24 bits per heavy atom. The molecule has 0 amide bonds. The van der Waals surface area contributed by atoms with Crippen molar-refractivity contribution in [1.29, 1.82) is 0 Å². The molecule has 0 spiro atoms. The number of anilines is 1. The molecule has 1 aromatic carbocycles. The number of hydrogen-bond acceptors (Lipinski definition) is 5. The molecule has 2 atom stereocenters. The normalized spacial score (nSPS) is 21.3. The largest absolute Gasteiger partial charge is 0.389 e. The second-order valence-corrected chi connectivity index (χ2v) is 8.63. The fourth-order valence-electron chi connectivity index (χ4n) is 2.50. The molecule has 2 unspecified atom stereocenters. The quantitative estimate of drug-likeness (QED) is 0.915. The van der Waals surface area contributed by atoms with Gasteiger partial charge in [0.05, 0.1) is 11.8 Å². The van der Waals surface area contributed by atoms with Crippen LogP contribution in [0.1, 0.15) is 25.5 Å². The van der Waals surface area contributed by atoms with Crippen LogP contribution in [-0.2, 0) is 9.84 Å². The summed E-state index contributed by atoms with van der Waals surface area (Å²) in [5, 5.41) is 9.12. The van der Waals surface area contributed by atoms with E-state index in [4.69, 9.17) is 0 Å². The third-order valence-electron chi connectivity index (χ3n) is 3.66. The third-order valence-corrected chi connectivity index (χ3v) is 6.95. The smallest absolute Gasteiger partial charge is 0.171 e. The number of aliphatic hydroxyl groups excluding tert-OH is 1. The van der Waals surface area contributed by atoms with Crippen molar-refractivity contribution >= 4 is 27.3 Å². The van der Waals surface area contributed by atoms with Gasteiger partial charge in [-0.3, -0.25) is 0 Å². The van der Waals surface area contributed by atoms with Gasteiger partial charge in [0, 0.05) is 29.4 Å². The number of halogens is 1. The molecule has 1 aliphatic heterocycles. The van der Waals surface area contributed by atoms with Gasteiger partial charge in [0.2, 0.25) is 0 Å². The number of para-hydroxylation sites is 1. The highest BCUT2D eigenvalue weighted by molar-refractivity contribution is 8.01. The van der Waals surface area contributed by atoms with E-state index in [2.05, 4.69) is 0 Å². The van der Waals surface area contributed by atoms with Gasteiger partial charge in [0.1, 0.15) is 11.2 Å². The van der Waals surface area contributed by atoms with E-state index in [0.717, 1.165) is 5.75 Å². The highest BCUT2D eigenvalue weighted by Gasteiger charge is 2.35. The lowest BCUT2D eigenvalue weighted by Gasteiger charge is -2.38. The van der Waals surface area contributed by atoms with Gasteiger partial charge >= 0.3 is 0 Å². The minimum Gasteiger partial charge on any atom is -0.389 e. The van der Waals surface area contributed by atoms with Gasteiger partial charge in [0.15, 0.2) is 9.84 Å². The van der Waals surface area contributed by atoms with Gasteiger partial charge in [-0.25, -0.2) is 12.8 Å². The van der Waals surface area contributed by atoms with E-state index < -0.39 is 27.1 Å². The van der Waals surface area contributed by atoms with Crippen LogP contribution < -0.4 is 4.90 Å². The maximum absolute atomic E-state index is 14.3. The standard InChI is InChI=1S/C14H20FNO3S2/c1-3-21(18,19)13-9-20-8-7-16(13)14-11(10(2)17)5-4-6-12(14)15/h4-6,10,13,17H,3,7-9H2,1-2H3. The van der Waals surface area contributed by atoms with Crippen LogP contribution in [0.25, 0.3) is 0 Å². The number of aliphatic hydroxyl groups is 1. The fourth-order valence-corrected chi connectivity index (χ4v) is 5.47. The molecule has 4 nitrogen and oxygen atoms in total. The molecule has 1 fully saturated rings. The molecule has 0 aromatic heterocycles. The Bertz CT molecular complexity index is 604. The van der Waals surface area contributed by atoms with Crippen molar-refractivity contribution in [2.75, 3.05) is 28.7 Å².